The Hall–Kier alpha value is -1.40. The van der Waals surface area contributed by atoms with Crippen molar-refractivity contribution in [1.29, 1.82) is 0 Å². The number of hydrogen-bond donors (Lipinski definition) is 2. The predicted molar refractivity (Wildman–Crippen MR) is 64.3 cm³/mol. The Morgan fingerprint density at radius 3 is 2.76 bits per heavy atom. The molecule has 0 fully saturated rings. The average molecular weight is 241 g/mol. The van der Waals surface area contributed by atoms with Crippen molar-refractivity contribution in [2.45, 2.75) is 19.4 Å². The van der Waals surface area contributed by atoms with Crippen LogP contribution in [0.4, 0.5) is 5.82 Å². The minimum atomic E-state index is -0.0896. The maximum absolute atomic E-state index is 9.24. The molecule has 1 rings (SSSR count). The number of methoxy groups -OCH3 is 2. The smallest absolute Gasteiger partial charge is 0.221 e. The number of aliphatic hydroxyl groups is 1. The van der Waals surface area contributed by atoms with Crippen molar-refractivity contribution in [3.05, 3.63) is 11.9 Å². The van der Waals surface area contributed by atoms with Crippen molar-refractivity contribution in [3.63, 3.8) is 0 Å². The summed E-state index contributed by atoms with van der Waals surface area (Å²) in [5.74, 6) is 1.21. The molecule has 0 aromatic carbocycles. The molecule has 0 aliphatic heterocycles. The van der Waals surface area contributed by atoms with Crippen LogP contribution < -0.4 is 10.1 Å². The van der Waals surface area contributed by atoms with Gasteiger partial charge in [-0.15, -0.1) is 0 Å². The molecular formula is C11H19N3O3. The van der Waals surface area contributed by atoms with Gasteiger partial charge in [-0.2, -0.15) is 0 Å². The van der Waals surface area contributed by atoms with Gasteiger partial charge in [-0.3, -0.25) is 0 Å². The third-order valence-corrected chi connectivity index (χ3v) is 2.46. The van der Waals surface area contributed by atoms with Crippen LogP contribution in [-0.4, -0.2) is 48.5 Å². The second-order valence-corrected chi connectivity index (χ2v) is 3.66. The molecule has 1 heterocycles. The van der Waals surface area contributed by atoms with E-state index in [9.17, 15) is 5.11 Å². The topological polar surface area (TPSA) is 76.5 Å². The van der Waals surface area contributed by atoms with Crippen LogP contribution in [0.2, 0.25) is 0 Å². The van der Waals surface area contributed by atoms with Gasteiger partial charge >= 0.3 is 0 Å². The van der Waals surface area contributed by atoms with Gasteiger partial charge in [-0.05, 0) is 13.3 Å². The summed E-state index contributed by atoms with van der Waals surface area (Å²) in [7, 11) is 3.20. The van der Waals surface area contributed by atoms with Gasteiger partial charge < -0.3 is 19.9 Å². The van der Waals surface area contributed by atoms with Crippen LogP contribution in [0.15, 0.2) is 6.33 Å². The van der Waals surface area contributed by atoms with Gasteiger partial charge in [-0.1, -0.05) is 0 Å². The van der Waals surface area contributed by atoms with Gasteiger partial charge in [0, 0.05) is 13.7 Å². The predicted octanol–water partition coefficient (Wildman–Crippen LogP) is 0.603. The first kappa shape index (κ1) is 13.7. The highest BCUT2D eigenvalue weighted by molar-refractivity contribution is 5.48. The van der Waals surface area contributed by atoms with Crippen molar-refractivity contribution >= 4 is 5.82 Å². The maximum Gasteiger partial charge on any atom is 0.221 e. The summed E-state index contributed by atoms with van der Waals surface area (Å²) in [6.07, 6.45) is 2.14. The number of anilines is 1. The Morgan fingerprint density at radius 2 is 2.18 bits per heavy atom. The van der Waals surface area contributed by atoms with E-state index < -0.39 is 0 Å². The molecule has 1 aromatic heterocycles. The van der Waals surface area contributed by atoms with E-state index in [0.717, 1.165) is 5.56 Å². The van der Waals surface area contributed by atoms with E-state index >= 15 is 0 Å². The summed E-state index contributed by atoms with van der Waals surface area (Å²) in [6, 6.07) is -0.0896. The summed E-state index contributed by atoms with van der Waals surface area (Å²) >= 11 is 0. The number of ether oxygens (including phenoxy) is 2. The fraction of sp³-hybridized carbons (Fsp3) is 0.636. The molecule has 0 bridgehead atoms. The first-order valence-electron chi connectivity index (χ1n) is 5.44. The molecule has 0 saturated carbocycles. The summed E-state index contributed by atoms with van der Waals surface area (Å²) in [5, 5.41) is 12.4. The van der Waals surface area contributed by atoms with Crippen molar-refractivity contribution in [1.82, 2.24) is 9.97 Å². The highest BCUT2D eigenvalue weighted by Crippen LogP contribution is 2.20. The summed E-state index contributed by atoms with van der Waals surface area (Å²) < 4.78 is 10.1. The number of aliphatic hydroxyl groups excluding tert-OH is 1. The standard InChI is InChI=1S/C11H19N3O3/c1-8-10(12-7-13-11(8)17-3)14-9(6-15)4-5-16-2/h7,9,15H,4-6H2,1-3H3,(H,12,13,14). The fourth-order valence-corrected chi connectivity index (χ4v) is 1.45. The Morgan fingerprint density at radius 1 is 1.41 bits per heavy atom. The van der Waals surface area contributed by atoms with Crippen molar-refractivity contribution in [2.24, 2.45) is 0 Å². The Balaban J connectivity index is 2.72. The zero-order valence-corrected chi connectivity index (χ0v) is 10.4. The summed E-state index contributed by atoms with van der Waals surface area (Å²) in [4.78, 5) is 8.12. The number of rotatable bonds is 7. The number of aromatic nitrogens is 2. The summed E-state index contributed by atoms with van der Waals surface area (Å²) in [6.45, 7) is 2.47. The zero-order chi connectivity index (χ0) is 12.7. The molecule has 0 saturated heterocycles. The number of nitrogens with zero attached hydrogens (tertiary/aromatic N) is 2. The van der Waals surface area contributed by atoms with E-state index in [-0.39, 0.29) is 12.6 Å². The van der Waals surface area contributed by atoms with E-state index in [1.807, 2.05) is 6.92 Å². The van der Waals surface area contributed by atoms with Crippen LogP contribution in [-0.2, 0) is 4.74 Å². The molecule has 2 N–H and O–H groups in total. The normalized spacial score (nSPS) is 12.2. The van der Waals surface area contributed by atoms with E-state index in [4.69, 9.17) is 9.47 Å². The SMILES string of the molecule is COCCC(CO)Nc1ncnc(OC)c1C. The quantitative estimate of drug-likeness (QED) is 0.728. The lowest BCUT2D eigenvalue weighted by Gasteiger charge is -2.18. The van der Waals surface area contributed by atoms with Crippen LogP contribution in [0.25, 0.3) is 0 Å². The van der Waals surface area contributed by atoms with Gasteiger partial charge in [0.2, 0.25) is 5.88 Å². The zero-order valence-electron chi connectivity index (χ0n) is 10.4. The first-order chi connectivity index (χ1) is 8.22. The third kappa shape index (κ3) is 3.83. The van der Waals surface area contributed by atoms with Gasteiger partial charge in [0.05, 0.1) is 25.3 Å². The molecule has 6 nitrogen and oxygen atoms in total. The van der Waals surface area contributed by atoms with Crippen molar-refractivity contribution in [3.8, 4) is 5.88 Å². The molecule has 0 aliphatic carbocycles. The van der Waals surface area contributed by atoms with Crippen LogP contribution in [0, 0.1) is 6.92 Å². The van der Waals surface area contributed by atoms with E-state index in [0.29, 0.717) is 24.7 Å². The third-order valence-electron chi connectivity index (χ3n) is 2.46. The van der Waals surface area contributed by atoms with Gasteiger partial charge in [0.25, 0.3) is 0 Å². The summed E-state index contributed by atoms with van der Waals surface area (Å²) in [5.41, 5.74) is 0.825. The number of nitrogens with one attached hydrogen (secondary N) is 1. The maximum atomic E-state index is 9.24. The van der Waals surface area contributed by atoms with E-state index in [1.54, 1.807) is 14.2 Å². The molecule has 1 unspecified atom stereocenters. The van der Waals surface area contributed by atoms with Gasteiger partial charge in [0.15, 0.2) is 0 Å². The molecule has 1 atom stereocenters. The average Bonchev–Trinajstić information content (AvgIpc) is 2.36. The Kier molecular flexibility index (Phi) is 5.65. The van der Waals surface area contributed by atoms with Crippen LogP contribution in [0.3, 0.4) is 0 Å². The lowest BCUT2D eigenvalue weighted by molar-refractivity contribution is 0.174. The Bertz CT molecular complexity index is 347. The number of hydrogen-bond acceptors (Lipinski definition) is 6. The molecule has 0 radical (unpaired) electrons. The molecule has 0 amide bonds. The highest BCUT2D eigenvalue weighted by atomic mass is 16.5. The minimum Gasteiger partial charge on any atom is -0.481 e. The Labute approximate surface area is 101 Å². The second kappa shape index (κ2) is 7.03. The largest absolute Gasteiger partial charge is 0.481 e. The molecule has 96 valence electrons. The molecule has 0 spiro atoms. The van der Waals surface area contributed by atoms with Gasteiger partial charge in [0.1, 0.15) is 12.1 Å². The van der Waals surface area contributed by atoms with E-state index in [2.05, 4.69) is 15.3 Å². The molecule has 6 heteroatoms. The fourth-order valence-electron chi connectivity index (χ4n) is 1.45. The first-order valence-corrected chi connectivity index (χ1v) is 5.44. The van der Waals surface area contributed by atoms with E-state index in [1.165, 1.54) is 6.33 Å². The molecule has 1 aromatic rings. The van der Waals surface area contributed by atoms with Crippen LogP contribution >= 0.6 is 0 Å². The highest BCUT2D eigenvalue weighted by Gasteiger charge is 2.12. The van der Waals surface area contributed by atoms with Crippen molar-refractivity contribution in [2.75, 3.05) is 32.8 Å². The lowest BCUT2D eigenvalue weighted by atomic mass is 10.2. The van der Waals surface area contributed by atoms with Crippen LogP contribution in [0.5, 0.6) is 5.88 Å². The van der Waals surface area contributed by atoms with Gasteiger partial charge in [-0.25, -0.2) is 9.97 Å². The molecular weight excluding hydrogens is 222 g/mol. The lowest BCUT2D eigenvalue weighted by Crippen LogP contribution is -2.26. The molecule has 17 heavy (non-hydrogen) atoms. The monoisotopic (exact) mass is 241 g/mol. The minimum absolute atomic E-state index is 0.0229. The second-order valence-electron chi connectivity index (χ2n) is 3.66. The van der Waals surface area contributed by atoms with Crippen molar-refractivity contribution < 1.29 is 14.6 Å². The van der Waals surface area contributed by atoms with Crippen LogP contribution in [0.1, 0.15) is 12.0 Å². The molecule has 0 aliphatic rings.